The highest BCUT2D eigenvalue weighted by molar-refractivity contribution is 14.1. The lowest BCUT2D eigenvalue weighted by Crippen LogP contribution is -2.14. The van der Waals surface area contributed by atoms with E-state index in [2.05, 4.69) is 22.6 Å². The Bertz CT molecular complexity index is 157. The van der Waals surface area contributed by atoms with E-state index < -0.39 is 0 Å². The van der Waals surface area contributed by atoms with Crippen molar-refractivity contribution in [2.45, 2.75) is 25.7 Å². The van der Waals surface area contributed by atoms with Crippen molar-refractivity contribution in [2.75, 3.05) is 63.8 Å². The van der Waals surface area contributed by atoms with Crippen LogP contribution in [0, 0.1) is 0 Å². The monoisotopic (exact) mass is 403 g/mol. The Kier molecular flexibility index (Phi) is 20.0. The molecular formula is C14H30INO4. The third-order valence-electron chi connectivity index (χ3n) is 2.55. The molecule has 0 saturated carbocycles. The van der Waals surface area contributed by atoms with Crippen LogP contribution in [0.15, 0.2) is 0 Å². The maximum Gasteiger partial charge on any atom is 0.0701 e. The summed E-state index contributed by atoms with van der Waals surface area (Å²) in [6.07, 6.45) is 5.06. The predicted molar refractivity (Wildman–Crippen MR) is 89.7 cm³/mol. The summed E-state index contributed by atoms with van der Waals surface area (Å²) in [5.74, 6) is 0. The van der Waals surface area contributed by atoms with Gasteiger partial charge in [0.05, 0.1) is 46.2 Å². The summed E-state index contributed by atoms with van der Waals surface area (Å²) in [5.41, 5.74) is 5.29. The zero-order valence-corrected chi connectivity index (χ0v) is 14.6. The molecule has 0 aromatic heterocycles. The second-order valence-corrected chi connectivity index (χ2v) is 5.42. The molecule has 0 rings (SSSR count). The Balaban J connectivity index is 2.89. The minimum Gasteiger partial charge on any atom is -0.379 e. The molecule has 0 unspecified atom stereocenters. The molecular weight excluding hydrogens is 373 g/mol. The van der Waals surface area contributed by atoms with Crippen LogP contribution in [0.1, 0.15) is 25.7 Å². The lowest BCUT2D eigenvalue weighted by atomic mass is 10.2. The van der Waals surface area contributed by atoms with Crippen LogP contribution in [0.3, 0.4) is 0 Å². The van der Waals surface area contributed by atoms with Gasteiger partial charge in [0, 0.05) is 13.2 Å². The van der Waals surface area contributed by atoms with Crippen LogP contribution in [0.4, 0.5) is 0 Å². The van der Waals surface area contributed by atoms with Crippen molar-refractivity contribution < 1.29 is 18.9 Å². The van der Waals surface area contributed by atoms with Crippen molar-refractivity contribution in [1.29, 1.82) is 0 Å². The van der Waals surface area contributed by atoms with Gasteiger partial charge >= 0.3 is 0 Å². The van der Waals surface area contributed by atoms with Crippen molar-refractivity contribution >= 4 is 22.6 Å². The van der Waals surface area contributed by atoms with Crippen LogP contribution in [0.25, 0.3) is 0 Å². The van der Waals surface area contributed by atoms with Crippen LogP contribution >= 0.6 is 22.6 Å². The highest BCUT2D eigenvalue weighted by Crippen LogP contribution is 2.02. The first-order valence-corrected chi connectivity index (χ1v) is 9.01. The van der Waals surface area contributed by atoms with Gasteiger partial charge in [-0.15, -0.1) is 0 Å². The van der Waals surface area contributed by atoms with Crippen molar-refractivity contribution in [1.82, 2.24) is 0 Å². The number of hydrogen-bond donors (Lipinski definition) is 1. The Labute approximate surface area is 137 Å². The van der Waals surface area contributed by atoms with Crippen LogP contribution in [-0.2, 0) is 18.9 Å². The van der Waals surface area contributed by atoms with E-state index in [1.807, 2.05) is 0 Å². The van der Waals surface area contributed by atoms with Gasteiger partial charge in [-0.3, -0.25) is 0 Å². The smallest absolute Gasteiger partial charge is 0.0701 e. The first kappa shape index (κ1) is 20.5. The summed E-state index contributed by atoms with van der Waals surface area (Å²) in [6, 6.07) is 0. The van der Waals surface area contributed by atoms with Crippen molar-refractivity contribution in [2.24, 2.45) is 5.73 Å². The molecule has 0 fully saturated rings. The molecule has 0 aliphatic heterocycles. The molecule has 0 saturated heterocycles. The largest absolute Gasteiger partial charge is 0.379 e. The van der Waals surface area contributed by atoms with Crippen LogP contribution in [0.5, 0.6) is 0 Å². The van der Waals surface area contributed by atoms with Crippen molar-refractivity contribution in [3.63, 3.8) is 0 Å². The van der Waals surface area contributed by atoms with E-state index in [1.165, 1.54) is 23.7 Å². The molecule has 0 spiro atoms. The van der Waals surface area contributed by atoms with Gasteiger partial charge in [0.2, 0.25) is 0 Å². The van der Waals surface area contributed by atoms with E-state index >= 15 is 0 Å². The molecule has 6 heteroatoms. The zero-order valence-electron chi connectivity index (χ0n) is 12.5. The van der Waals surface area contributed by atoms with E-state index in [4.69, 9.17) is 24.7 Å². The number of halogens is 1. The van der Waals surface area contributed by atoms with Gasteiger partial charge < -0.3 is 24.7 Å². The van der Waals surface area contributed by atoms with Gasteiger partial charge in [0.15, 0.2) is 0 Å². The number of rotatable bonds is 17. The summed E-state index contributed by atoms with van der Waals surface area (Å²) >= 11 is 2.42. The highest BCUT2D eigenvalue weighted by Gasteiger charge is 1.93. The van der Waals surface area contributed by atoms with Crippen LogP contribution in [-0.4, -0.2) is 63.8 Å². The number of hydrogen-bond acceptors (Lipinski definition) is 5. The average Bonchev–Trinajstić information content (AvgIpc) is 2.47. The second kappa shape index (κ2) is 19.5. The fourth-order valence-electron chi connectivity index (χ4n) is 1.50. The molecule has 2 N–H and O–H groups in total. The summed E-state index contributed by atoms with van der Waals surface area (Å²) < 4.78 is 22.6. The van der Waals surface area contributed by atoms with Gasteiger partial charge in [-0.05, 0) is 17.3 Å². The standard InChI is InChI=1S/C14H30INO4/c15-5-3-1-2-4-7-17-9-11-19-13-14-20-12-10-18-8-6-16/h1-14,16H2. The second-order valence-electron chi connectivity index (χ2n) is 4.34. The highest BCUT2D eigenvalue weighted by atomic mass is 127. The summed E-state index contributed by atoms with van der Waals surface area (Å²) in [7, 11) is 0. The maximum absolute atomic E-state index is 5.49. The van der Waals surface area contributed by atoms with Crippen LogP contribution in [0.2, 0.25) is 0 Å². The van der Waals surface area contributed by atoms with Gasteiger partial charge in [-0.25, -0.2) is 0 Å². The number of alkyl halides is 1. The minimum absolute atomic E-state index is 0.557. The maximum atomic E-state index is 5.49. The minimum atomic E-state index is 0.557. The Morgan fingerprint density at radius 1 is 0.550 bits per heavy atom. The topological polar surface area (TPSA) is 62.9 Å². The van der Waals surface area contributed by atoms with Gasteiger partial charge in [0.25, 0.3) is 0 Å². The third-order valence-corrected chi connectivity index (χ3v) is 3.31. The first-order chi connectivity index (χ1) is 9.91. The molecule has 0 radical (unpaired) electrons. The van der Waals surface area contributed by atoms with Crippen molar-refractivity contribution in [3.8, 4) is 0 Å². The third kappa shape index (κ3) is 18.5. The van der Waals surface area contributed by atoms with Gasteiger partial charge in [-0.2, -0.15) is 0 Å². The first-order valence-electron chi connectivity index (χ1n) is 7.48. The molecule has 5 nitrogen and oxygen atoms in total. The molecule has 20 heavy (non-hydrogen) atoms. The lowest BCUT2D eigenvalue weighted by molar-refractivity contribution is -0.00134. The molecule has 122 valence electrons. The van der Waals surface area contributed by atoms with Crippen LogP contribution < -0.4 is 5.73 Å². The molecule has 0 aliphatic rings. The summed E-state index contributed by atoms with van der Waals surface area (Å²) in [6.45, 7) is 5.70. The zero-order chi connectivity index (χ0) is 14.7. The number of nitrogens with two attached hydrogens (primary N) is 1. The Morgan fingerprint density at radius 2 is 1.00 bits per heavy atom. The van der Waals surface area contributed by atoms with Gasteiger partial charge in [0.1, 0.15) is 0 Å². The quantitative estimate of drug-likeness (QED) is 0.229. The Hall–Kier alpha value is 0.530. The summed E-state index contributed by atoms with van der Waals surface area (Å²) in [5, 5.41) is 0. The average molecular weight is 403 g/mol. The van der Waals surface area contributed by atoms with E-state index in [1.54, 1.807) is 0 Å². The molecule has 0 amide bonds. The molecule has 0 aromatic carbocycles. The van der Waals surface area contributed by atoms with Gasteiger partial charge in [-0.1, -0.05) is 35.4 Å². The summed E-state index contributed by atoms with van der Waals surface area (Å²) in [4.78, 5) is 0. The van der Waals surface area contributed by atoms with E-state index in [0.29, 0.717) is 52.8 Å². The van der Waals surface area contributed by atoms with Crippen molar-refractivity contribution in [3.05, 3.63) is 0 Å². The normalized spacial score (nSPS) is 11.1. The van der Waals surface area contributed by atoms with E-state index in [9.17, 15) is 0 Å². The lowest BCUT2D eigenvalue weighted by Gasteiger charge is -2.07. The fourth-order valence-corrected chi connectivity index (χ4v) is 2.04. The Morgan fingerprint density at radius 3 is 1.50 bits per heavy atom. The molecule has 0 aromatic rings. The molecule has 0 aliphatic carbocycles. The predicted octanol–water partition coefficient (Wildman–Crippen LogP) is 2.01. The van der Waals surface area contributed by atoms with E-state index in [-0.39, 0.29) is 0 Å². The molecule has 0 atom stereocenters. The van der Waals surface area contributed by atoms with E-state index in [0.717, 1.165) is 13.0 Å². The number of unbranched alkanes of at least 4 members (excludes halogenated alkanes) is 3. The fraction of sp³-hybridized carbons (Fsp3) is 1.00. The SMILES string of the molecule is NCCOCCOCCOCCOCCCCCCI. The molecule has 0 heterocycles. The number of ether oxygens (including phenoxy) is 4. The molecule has 0 bridgehead atoms.